The molecule has 0 bridgehead atoms. The second-order valence-electron chi connectivity index (χ2n) is 2.21. The molecule has 0 saturated carbocycles. The highest BCUT2D eigenvalue weighted by Gasteiger charge is 2.01. The van der Waals surface area contributed by atoms with Crippen molar-refractivity contribution in [3.05, 3.63) is 16.7 Å². The minimum absolute atomic E-state index is 0.799. The van der Waals surface area contributed by atoms with E-state index < -0.39 is 0 Å². The highest BCUT2D eigenvalue weighted by Crippen LogP contribution is 2.13. The molecule has 56 valence electrons. The van der Waals surface area contributed by atoms with Crippen molar-refractivity contribution < 1.29 is 0 Å². The Labute approximate surface area is 71.4 Å². The van der Waals surface area contributed by atoms with Crippen LogP contribution in [0.3, 0.4) is 0 Å². The van der Waals surface area contributed by atoms with Crippen molar-refractivity contribution in [1.29, 1.82) is 0 Å². The highest BCUT2D eigenvalue weighted by atomic mass is 79.9. The van der Waals surface area contributed by atoms with Gasteiger partial charge in [0.05, 0.1) is 0 Å². The van der Waals surface area contributed by atoms with Crippen LogP contribution in [0.15, 0.2) is 16.7 Å². The van der Waals surface area contributed by atoms with Gasteiger partial charge in [-0.1, -0.05) is 5.21 Å². The largest absolute Gasteiger partial charge is 0.234 e. The van der Waals surface area contributed by atoms with Crippen LogP contribution in [0.2, 0.25) is 0 Å². The van der Waals surface area contributed by atoms with E-state index in [1.165, 1.54) is 0 Å². The summed E-state index contributed by atoms with van der Waals surface area (Å²) in [6, 6.07) is 1.88. The number of aromatic nitrogens is 4. The second-order valence-corrected chi connectivity index (χ2v) is 3.12. The van der Waals surface area contributed by atoms with Crippen molar-refractivity contribution in [3.8, 4) is 0 Å². The van der Waals surface area contributed by atoms with E-state index in [0.29, 0.717) is 0 Å². The number of fused-ring (bicyclic) bond motifs is 1. The number of rotatable bonds is 0. The summed E-state index contributed by atoms with van der Waals surface area (Å²) in [5, 5.41) is 7.72. The zero-order valence-corrected chi connectivity index (χ0v) is 7.41. The van der Waals surface area contributed by atoms with Crippen LogP contribution in [-0.2, 0) is 7.05 Å². The first-order valence-corrected chi connectivity index (χ1v) is 3.87. The van der Waals surface area contributed by atoms with Crippen molar-refractivity contribution in [1.82, 2.24) is 20.0 Å². The van der Waals surface area contributed by atoms with Gasteiger partial charge in [-0.3, -0.25) is 0 Å². The molecule has 4 nitrogen and oxygen atoms in total. The van der Waals surface area contributed by atoms with Gasteiger partial charge in [-0.05, 0) is 22.0 Å². The Hall–Kier alpha value is -0.970. The molecular formula is C6H5BrN4. The van der Waals surface area contributed by atoms with E-state index in [9.17, 15) is 0 Å². The van der Waals surface area contributed by atoms with Crippen molar-refractivity contribution in [2.45, 2.75) is 0 Å². The predicted molar refractivity (Wildman–Crippen MR) is 44.0 cm³/mol. The van der Waals surface area contributed by atoms with E-state index in [4.69, 9.17) is 0 Å². The van der Waals surface area contributed by atoms with Gasteiger partial charge in [-0.15, -0.1) is 5.10 Å². The maximum Gasteiger partial charge on any atom is 0.178 e. The number of pyridine rings is 1. The molecule has 0 amide bonds. The first-order chi connectivity index (χ1) is 5.27. The summed E-state index contributed by atoms with van der Waals surface area (Å²) in [6.07, 6.45) is 1.73. The van der Waals surface area contributed by atoms with Crippen LogP contribution in [0.25, 0.3) is 11.2 Å². The van der Waals surface area contributed by atoms with Gasteiger partial charge >= 0.3 is 0 Å². The molecule has 0 spiro atoms. The van der Waals surface area contributed by atoms with Crippen molar-refractivity contribution in [2.75, 3.05) is 0 Å². The van der Waals surface area contributed by atoms with Gasteiger partial charge in [0.2, 0.25) is 0 Å². The lowest BCUT2D eigenvalue weighted by atomic mass is 10.4. The summed E-state index contributed by atoms with van der Waals surface area (Å²) in [5.74, 6) is 0. The Kier molecular flexibility index (Phi) is 1.38. The fourth-order valence-corrected chi connectivity index (χ4v) is 1.22. The molecule has 2 heterocycles. The lowest BCUT2D eigenvalue weighted by Gasteiger charge is -1.89. The van der Waals surface area contributed by atoms with Crippen molar-refractivity contribution in [3.63, 3.8) is 0 Å². The molecule has 11 heavy (non-hydrogen) atoms. The van der Waals surface area contributed by atoms with Crippen molar-refractivity contribution in [2.24, 2.45) is 7.05 Å². The third-order valence-corrected chi connectivity index (χ3v) is 1.84. The third kappa shape index (κ3) is 1.01. The van der Waals surface area contributed by atoms with Gasteiger partial charge in [0.15, 0.2) is 5.65 Å². The lowest BCUT2D eigenvalue weighted by molar-refractivity contribution is 0.730. The molecule has 2 aromatic rings. The van der Waals surface area contributed by atoms with Gasteiger partial charge < -0.3 is 0 Å². The van der Waals surface area contributed by atoms with Gasteiger partial charge in [0.25, 0.3) is 0 Å². The van der Waals surface area contributed by atoms with E-state index in [2.05, 4.69) is 31.2 Å². The molecule has 0 N–H and O–H groups in total. The Bertz CT molecular complexity index is 394. The topological polar surface area (TPSA) is 43.6 Å². The number of halogens is 1. The number of aryl methyl sites for hydroxylation is 1. The van der Waals surface area contributed by atoms with Crippen LogP contribution < -0.4 is 0 Å². The summed E-state index contributed by atoms with van der Waals surface area (Å²) in [7, 11) is 1.82. The van der Waals surface area contributed by atoms with Crippen LogP contribution >= 0.6 is 15.9 Å². The summed E-state index contributed by atoms with van der Waals surface area (Å²) in [5.41, 5.74) is 1.61. The molecule has 0 fully saturated rings. The smallest absolute Gasteiger partial charge is 0.178 e. The zero-order valence-electron chi connectivity index (χ0n) is 5.82. The zero-order chi connectivity index (χ0) is 7.84. The number of hydrogen-bond donors (Lipinski definition) is 0. The van der Waals surface area contributed by atoms with Gasteiger partial charge in [0, 0.05) is 17.7 Å². The Morgan fingerprint density at radius 3 is 3.18 bits per heavy atom. The minimum Gasteiger partial charge on any atom is -0.234 e. The minimum atomic E-state index is 0.799. The van der Waals surface area contributed by atoms with E-state index >= 15 is 0 Å². The molecule has 2 aromatic heterocycles. The summed E-state index contributed by atoms with van der Waals surface area (Å²) in [6.45, 7) is 0. The SMILES string of the molecule is Cn1nnc2cc(Br)cnc21. The first-order valence-electron chi connectivity index (χ1n) is 3.08. The Balaban J connectivity index is 2.86. The lowest BCUT2D eigenvalue weighted by Crippen LogP contribution is -1.90. The third-order valence-electron chi connectivity index (χ3n) is 1.41. The van der Waals surface area contributed by atoms with E-state index in [1.807, 2.05) is 13.1 Å². The maximum absolute atomic E-state index is 4.13. The summed E-state index contributed by atoms with van der Waals surface area (Å²) in [4.78, 5) is 4.13. The standard InChI is InChI=1S/C6H5BrN4/c1-11-6-5(9-10-11)2-4(7)3-8-6/h2-3H,1H3. The molecule has 0 aromatic carbocycles. The molecule has 0 aliphatic carbocycles. The maximum atomic E-state index is 4.13. The summed E-state index contributed by atoms with van der Waals surface area (Å²) >= 11 is 3.30. The normalized spacial score (nSPS) is 10.7. The van der Waals surface area contributed by atoms with Gasteiger partial charge in [-0.2, -0.15) is 0 Å². The molecule has 0 atom stereocenters. The predicted octanol–water partition coefficient (Wildman–Crippen LogP) is 1.13. The van der Waals surface area contributed by atoms with Gasteiger partial charge in [0.1, 0.15) is 5.52 Å². The number of hydrogen-bond acceptors (Lipinski definition) is 3. The van der Waals surface area contributed by atoms with E-state index in [1.54, 1.807) is 10.9 Å². The first kappa shape index (κ1) is 6.72. The fourth-order valence-electron chi connectivity index (χ4n) is 0.902. The summed E-state index contributed by atoms with van der Waals surface area (Å²) < 4.78 is 2.56. The van der Waals surface area contributed by atoms with Crippen LogP contribution in [0.4, 0.5) is 0 Å². The highest BCUT2D eigenvalue weighted by molar-refractivity contribution is 9.10. The van der Waals surface area contributed by atoms with Crippen LogP contribution in [-0.4, -0.2) is 20.0 Å². The van der Waals surface area contributed by atoms with Gasteiger partial charge in [-0.25, -0.2) is 9.67 Å². The second kappa shape index (κ2) is 2.27. The Morgan fingerprint density at radius 1 is 1.55 bits per heavy atom. The molecular weight excluding hydrogens is 208 g/mol. The average Bonchev–Trinajstić information content (AvgIpc) is 2.32. The molecule has 2 rings (SSSR count). The van der Waals surface area contributed by atoms with Crippen LogP contribution in [0, 0.1) is 0 Å². The average molecular weight is 213 g/mol. The molecule has 0 aliphatic rings. The van der Waals surface area contributed by atoms with E-state index in [0.717, 1.165) is 15.6 Å². The fraction of sp³-hybridized carbons (Fsp3) is 0.167. The number of nitrogens with zero attached hydrogens (tertiary/aromatic N) is 4. The molecule has 0 saturated heterocycles. The molecule has 5 heteroatoms. The molecule has 0 radical (unpaired) electrons. The van der Waals surface area contributed by atoms with E-state index in [-0.39, 0.29) is 0 Å². The van der Waals surface area contributed by atoms with Crippen molar-refractivity contribution >= 4 is 27.1 Å². The molecule has 0 aliphatic heterocycles. The quantitative estimate of drug-likeness (QED) is 0.658. The van der Waals surface area contributed by atoms with Crippen LogP contribution in [0.1, 0.15) is 0 Å². The Morgan fingerprint density at radius 2 is 2.36 bits per heavy atom. The molecule has 0 unspecified atom stereocenters. The monoisotopic (exact) mass is 212 g/mol. The van der Waals surface area contributed by atoms with Crippen LogP contribution in [0.5, 0.6) is 0 Å².